The van der Waals surface area contributed by atoms with Crippen molar-refractivity contribution in [2.45, 2.75) is 32.2 Å². The summed E-state index contributed by atoms with van der Waals surface area (Å²) in [5, 5.41) is 15.5. The molecule has 1 unspecified atom stereocenters. The highest BCUT2D eigenvalue weighted by Gasteiger charge is 2.21. The number of carbonyl (C=O) groups excluding carboxylic acids is 1. The Morgan fingerprint density at radius 2 is 2.11 bits per heavy atom. The van der Waals surface area contributed by atoms with E-state index in [9.17, 15) is 4.79 Å². The van der Waals surface area contributed by atoms with Crippen LogP contribution in [0.2, 0.25) is 5.02 Å². The molecule has 3 N–H and O–H groups in total. The number of rotatable bonds is 7. The molecule has 1 amide bonds. The molecule has 1 aromatic rings. The molecule has 0 aromatic heterocycles. The van der Waals surface area contributed by atoms with E-state index in [0.29, 0.717) is 17.1 Å². The number of para-hydroxylation sites is 1. The van der Waals surface area contributed by atoms with E-state index in [1.807, 2.05) is 26.0 Å². The molecule has 0 spiro atoms. The van der Waals surface area contributed by atoms with E-state index in [0.717, 1.165) is 6.42 Å². The molecular weight excluding hydrogens is 264 g/mol. The second kappa shape index (κ2) is 7.48. The van der Waals surface area contributed by atoms with Crippen molar-refractivity contribution in [2.24, 2.45) is 0 Å². The van der Waals surface area contributed by atoms with Crippen LogP contribution in [-0.4, -0.2) is 29.7 Å². The summed E-state index contributed by atoms with van der Waals surface area (Å²) in [6.45, 7) is 4.31. The van der Waals surface area contributed by atoms with Gasteiger partial charge in [-0.25, -0.2) is 0 Å². The molecule has 0 saturated carbocycles. The molecule has 19 heavy (non-hydrogen) atoms. The predicted molar refractivity (Wildman–Crippen MR) is 78.5 cm³/mol. The van der Waals surface area contributed by atoms with Crippen LogP contribution in [0.4, 0.5) is 5.69 Å². The zero-order chi connectivity index (χ0) is 14.3. The number of aliphatic hydroxyl groups excluding tert-OH is 1. The van der Waals surface area contributed by atoms with Crippen LogP contribution < -0.4 is 10.6 Å². The van der Waals surface area contributed by atoms with Crippen molar-refractivity contribution >= 4 is 23.2 Å². The van der Waals surface area contributed by atoms with Gasteiger partial charge in [0, 0.05) is 12.1 Å². The lowest BCUT2D eigenvalue weighted by Crippen LogP contribution is -2.46. The maximum Gasteiger partial charge on any atom is 0.238 e. The number of hydrogen-bond donors (Lipinski definition) is 3. The van der Waals surface area contributed by atoms with Gasteiger partial charge in [0.2, 0.25) is 5.91 Å². The summed E-state index contributed by atoms with van der Waals surface area (Å²) in [7, 11) is 0. The molecule has 4 nitrogen and oxygen atoms in total. The third-order valence-corrected chi connectivity index (χ3v) is 3.60. The van der Waals surface area contributed by atoms with Gasteiger partial charge in [-0.05, 0) is 31.9 Å². The summed E-state index contributed by atoms with van der Waals surface area (Å²) in [5.74, 6) is -0.147. The number of nitrogens with one attached hydrogen (secondary N) is 2. The zero-order valence-electron chi connectivity index (χ0n) is 11.4. The van der Waals surface area contributed by atoms with Crippen LogP contribution in [0.25, 0.3) is 0 Å². The van der Waals surface area contributed by atoms with Gasteiger partial charge in [0.25, 0.3) is 0 Å². The highest BCUT2D eigenvalue weighted by molar-refractivity contribution is 6.33. The molecule has 1 rings (SSSR count). The van der Waals surface area contributed by atoms with E-state index in [-0.39, 0.29) is 24.6 Å². The summed E-state index contributed by atoms with van der Waals surface area (Å²) < 4.78 is 0. The Labute approximate surface area is 119 Å². The number of amides is 1. The van der Waals surface area contributed by atoms with E-state index < -0.39 is 0 Å². The van der Waals surface area contributed by atoms with E-state index in [1.54, 1.807) is 12.1 Å². The minimum atomic E-state index is -0.230. The van der Waals surface area contributed by atoms with Gasteiger partial charge in [-0.15, -0.1) is 0 Å². The first kappa shape index (κ1) is 16.0. The molecule has 1 atom stereocenters. The highest BCUT2D eigenvalue weighted by Crippen LogP contribution is 2.20. The monoisotopic (exact) mass is 284 g/mol. The molecule has 5 heteroatoms. The lowest BCUT2D eigenvalue weighted by Gasteiger charge is -2.28. The molecule has 0 heterocycles. The van der Waals surface area contributed by atoms with Gasteiger partial charge in [0.15, 0.2) is 0 Å². The number of carbonyl (C=O) groups is 1. The van der Waals surface area contributed by atoms with E-state index in [4.69, 9.17) is 16.7 Å². The molecule has 0 bridgehead atoms. The van der Waals surface area contributed by atoms with Crippen LogP contribution in [0.1, 0.15) is 26.7 Å². The minimum absolute atomic E-state index is 0.101. The number of hydrogen-bond acceptors (Lipinski definition) is 3. The molecule has 0 fully saturated rings. The van der Waals surface area contributed by atoms with Crippen LogP contribution >= 0.6 is 11.6 Å². The Kier molecular flexibility index (Phi) is 6.28. The minimum Gasteiger partial charge on any atom is -0.396 e. The van der Waals surface area contributed by atoms with Crippen LogP contribution in [0.5, 0.6) is 0 Å². The number of benzene rings is 1. The summed E-state index contributed by atoms with van der Waals surface area (Å²) in [5.41, 5.74) is 0.378. The van der Waals surface area contributed by atoms with Crippen molar-refractivity contribution < 1.29 is 9.90 Å². The maximum atomic E-state index is 11.8. The van der Waals surface area contributed by atoms with Gasteiger partial charge in [-0.2, -0.15) is 0 Å². The molecule has 0 aliphatic rings. The standard InChI is InChI=1S/C14H21ClN2O2/c1-3-14(2,8-9-18)16-10-13(19)17-12-7-5-4-6-11(12)15/h4-7,16,18H,3,8-10H2,1-2H3,(H,17,19). The normalized spacial score (nSPS) is 13.9. The maximum absolute atomic E-state index is 11.8. The van der Waals surface area contributed by atoms with Crippen LogP contribution in [-0.2, 0) is 4.79 Å². The van der Waals surface area contributed by atoms with Crippen LogP contribution in [0, 0.1) is 0 Å². The third kappa shape index (κ3) is 5.19. The van der Waals surface area contributed by atoms with Gasteiger partial charge in [0.1, 0.15) is 0 Å². The highest BCUT2D eigenvalue weighted by atomic mass is 35.5. The number of aliphatic hydroxyl groups is 1. The fourth-order valence-electron chi connectivity index (χ4n) is 1.69. The van der Waals surface area contributed by atoms with E-state index >= 15 is 0 Å². The second-order valence-corrected chi connectivity index (χ2v) is 5.18. The zero-order valence-corrected chi connectivity index (χ0v) is 12.1. The number of anilines is 1. The SMILES string of the molecule is CCC(C)(CCO)NCC(=O)Nc1ccccc1Cl. The Morgan fingerprint density at radius 3 is 2.68 bits per heavy atom. The molecule has 0 radical (unpaired) electrons. The third-order valence-electron chi connectivity index (χ3n) is 3.27. The topological polar surface area (TPSA) is 61.4 Å². The van der Waals surface area contributed by atoms with Crippen molar-refractivity contribution in [1.29, 1.82) is 0 Å². The van der Waals surface area contributed by atoms with Crippen molar-refractivity contribution in [3.8, 4) is 0 Å². The molecular formula is C14H21ClN2O2. The largest absolute Gasteiger partial charge is 0.396 e. The summed E-state index contributed by atoms with van der Waals surface area (Å²) in [6, 6.07) is 7.11. The molecule has 0 aliphatic heterocycles. The van der Waals surface area contributed by atoms with Crippen molar-refractivity contribution in [3.05, 3.63) is 29.3 Å². The lowest BCUT2D eigenvalue weighted by atomic mass is 9.95. The van der Waals surface area contributed by atoms with Gasteiger partial charge in [-0.3, -0.25) is 4.79 Å². The number of halogens is 1. The van der Waals surface area contributed by atoms with Gasteiger partial charge >= 0.3 is 0 Å². The Morgan fingerprint density at radius 1 is 1.42 bits per heavy atom. The van der Waals surface area contributed by atoms with Crippen molar-refractivity contribution in [1.82, 2.24) is 5.32 Å². The molecule has 0 saturated heterocycles. The first-order chi connectivity index (χ1) is 9.00. The second-order valence-electron chi connectivity index (χ2n) is 4.77. The first-order valence-corrected chi connectivity index (χ1v) is 6.79. The fourth-order valence-corrected chi connectivity index (χ4v) is 1.87. The molecule has 1 aromatic carbocycles. The quantitative estimate of drug-likeness (QED) is 0.721. The van der Waals surface area contributed by atoms with Gasteiger partial charge < -0.3 is 15.7 Å². The van der Waals surface area contributed by atoms with Crippen molar-refractivity contribution in [3.63, 3.8) is 0 Å². The van der Waals surface area contributed by atoms with Gasteiger partial charge in [0.05, 0.1) is 17.3 Å². The average Bonchev–Trinajstić information content (AvgIpc) is 2.40. The Bertz CT molecular complexity index is 426. The van der Waals surface area contributed by atoms with E-state index in [2.05, 4.69) is 10.6 Å². The molecule has 0 aliphatic carbocycles. The Hall–Kier alpha value is -1.10. The first-order valence-electron chi connectivity index (χ1n) is 6.41. The lowest BCUT2D eigenvalue weighted by molar-refractivity contribution is -0.115. The van der Waals surface area contributed by atoms with Gasteiger partial charge in [-0.1, -0.05) is 30.7 Å². The van der Waals surface area contributed by atoms with Crippen LogP contribution in [0.15, 0.2) is 24.3 Å². The fraction of sp³-hybridized carbons (Fsp3) is 0.500. The smallest absolute Gasteiger partial charge is 0.238 e. The Balaban J connectivity index is 2.50. The molecule has 106 valence electrons. The summed E-state index contributed by atoms with van der Waals surface area (Å²) in [6.07, 6.45) is 1.45. The van der Waals surface area contributed by atoms with Crippen LogP contribution in [0.3, 0.4) is 0 Å². The predicted octanol–water partition coefficient (Wildman–Crippen LogP) is 2.42. The average molecular weight is 285 g/mol. The summed E-state index contributed by atoms with van der Waals surface area (Å²) >= 11 is 5.97. The summed E-state index contributed by atoms with van der Waals surface area (Å²) in [4.78, 5) is 11.8. The van der Waals surface area contributed by atoms with Crippen molar-refractivity contribution in [2.75, 3.05) is 18.5 Å². The van der Waals surface area contributed by atoms with E-state index in [1.165, 1.54) is 0 Å².